The van der Waals surface area contributed by atoms with Crippen LogP contribution in [0.1, 0.15) is 41.3 Å². The van der Waals surface area contributed by atoms with Gasteiger partial charge >= 0.3 is 6.18 Å². The molecule has 0 radical (unpaired) electrons. The fourth-order valence-corrected chi connectivity index (χ4v) is 4.94. The predicted molar refractivity (Wildman–Crippen MR) is 128 cm³/mol. The van der Waals surface area contributed by atoms with E-state index in [1.807, 2.05) is 0 Å². The highest BCUT2D eigenvalue weighted by Crippen LogP contribution is 2.35. The zero-order valence-electron chi connectivity index (χ0n) is 19.9. The Morgan fingerprint density at radius 2 is 1.86 bits per heavy atom. The number of hydrogen-bond donors (Lipinski definition) is 1. The molecule has 3 aromatic heterocycles. The van der Waals surface area contributed by atoms with Crippen molar-refractivity contribution in [3.8, 4) is 11.4 Å². The number of nitrogens with zero attached hydrogens (tertiary/aromatic N) is 4. The summed E-state index contributed by atoms with van der Waals surface area (Å²) in [4.78, 5) is 15.2. The first-order chi connectivity index (χ1) is 17.3. The maximum atomic E-state index is 14.3. The molecule has 1 N–H and O–H groups in total. The molecule has 4 aromatic rings. The van der Waals surface area contributed by atoms with Crippen LogP contribution in [-0.4, -0.2) is 51.4 Å². The van der Waals surface area contributed by atoms with Gasteiger partial charge in [0.25, 0.3) is 0 Å². The van der Waals surface area contributed by atoms with E-state index in [1.165, 1.54) is 12.1 Å². The van der Waals surface area contributed by atoms with Crippen molar-refractivity contribution in [3.63, 3.8) is 0 Å². The van der Waals surface area contributed by atoms with Crippen molar-refractivity contribution in [3.05, 3.63) is 71.4 Å². The van der Waals surface area contributed by atoms with Gasteiger partial charge in [0.1, 0.15) is 5.82 Å². The van der Waals surface area contributed by atoms with Crippen molar-refractivity contribution in [2.24, 2.45) is 0 Å². The number of alkyl halides is 3. The molecule has 4 heterocycles. The van der Waals surface area contributed by atoms with Crippen LogP contribution >= 0.6 is 0 Å². The predicted octanol–water partition coefficient (Wildman–Crippen LogP) is 5.75. The molecule has 6 nitrogen and oxygen atoms in total. The van der Waals surface area contributed by atoms with Gasteiger partial charge in [0.05, 0.1) is 29.1 Å². The van der Waals surface area contributed by atoms with E-state index in [4.69, 9.17) is 4.74 Å². The Bertz CT molecular complexity index is 1320. The number of fused-ring (bicyclic) bond motifs is 1. The third kappa shape index (κ3) is 5.01. The van der Waals surface area contributed by atoms with Crippen LogP contribution in [0.4, 0.5) is 17.7 Å². The molecule has 1 saturated heterocycles. The molecule has 1 aliphatic rings. The molecule has 36 heavy (non-hydrogen) atoms. The van der Waals surface area contributed by atoms with Crippen molar-refractivity contribution >= 4 is 10.9 Å². The number of nitrogens with one attached hydrogen (secondary N) is 1. The summed E-state index contributed by atoms with van der Waals surface area (Å²) in [6.45, 7) is 2.81. The third-order valence-electron chi connectivity index (χ3n) is 6.89. The molecule has 1 aliphatic heterocycles. The summed E-state index contributed by atoms with van der Waals surface area (Å²) in [5.41, 5.74) is 3.23. The number of aromatic nitrogens is 4. The topological polar surface area (TPSA) is 59.0 Å². The molecule has 1 fully saturated rings. The van der Waals surface area contributed by atoms with Crippen molar-refractivity contribution in [2.75, 3.05) is 26.8 Å². The summed E-state index contributed by atoms with van der Waals surface area (Å²) >= 11 is 0. The molecule has 0 amide bonds. The second-order valence-electron chi connectivity index (χ2n) is 9.17. The minimum atomic E-state index is -4.38. The number of benzene rings is 1. The number of piperidine rings is 1. The van der Waals surface area contributed by atoms with Gasteiger partial charge in [-0.25, -0.2) is 4.98 Å². The van der Waals surface area contributed by atoms with Gasteiger partial charge in [-0.2, -0.15) is 18.0 Å². The summed E-state index contributed by atoms with van der Waals surface area (Å²) in [6.07, 6.45) is 2.89. The first-order valence-electron chi connectivity index (χ1n) is 11.9. The lowest BCUT2D eigenvalue weighted by molar-refractivity contribution is -0.137. The van der Waals surface area contributed by atoms with E-state index in [2.05, 4.69) is 19.9 Å². The van der Waals surface area contributed by atoms with Crippen LogP contribution in [-0.2, 0) is 23.9 Å². The first kappa shape index (κ1) is 24.5. The molecule has 190 valence electrons. The summed E-state index contributed by atoms with van der Waals surface area (Å²) in [5.74, 6) is 0.797. The smallest absolute Gasteiger partial charge is 0.384 e. The lowest BCUT2D eigenvalue weighted by Crippen LogP contribution is -2.32. The number of hydrogen-bond acceptors (Lipinski definition) is 4. The van der Waals surface area contributed by atoms with Crippen molar-refractivity contribution in [1.82, 2.24) is 24.6 Å². The minimum absolute atomic E-state index is 0.252. The number of halogens is 4. The molecule has 1 aromatic carbocycles. The normalized spacial score (nSPS) is 15.7. The highest BCUT2D eigenvalue weighted by molar-refractivity contribution is 5.83. The Morgan fingerprint density at radius 3 is 2.56 bits per heavy atom. The van der Waals surface area contributed by atoms with E-state index in [1.54, 1.807) is 31.8 Å². The summed E-state index contributed by atoms with van der Waals surface area (Å²) in [5, 5.41) is 0.857. The quantitative estimate of drug-likeness (QED) is 0.328. The van der Waals surface area contributed by atoms with Gasteiger partial charge in [0, 0.05) is 49.6 Å². The number of methoxy groups -OCH3 is 1. The van der Waals surface area contributed by atoms with Gasteiger partial charge < -0.3 is 9.72 Å². The van der Waals surface area contributed by atoms with Gasteiger partial charge in [-0.3, -0.25) is 9.88 Å². The minimum Gasteiger partial charge on any atom is -0.384 e. The van der Waals surface area contributed by atoms with E-state index >= 15 is 0 Å². The lowest BCUT2D eigenvalue weighted by Gasteiger charge is -2.31. The SMILES string of the molecule is COCCc1nc(-c2ccc(C(F)(F)F)cc2)[nH]c1CN1CCC(c2cn(F)c3ccncc23)CC1. The van der Waals surface area contributed by atoms with E-state index in [-0.39, 0.29) is 5.92 Å². The monoisotopic (exact) mass is 501 g/mol. The van der Waals surface area contributed by atoms with E-state index in [0.29, 0.717) is 41.3 Å². The molecule has 0 spiro atoms. The fraction of sp³-hybridized carbons (Fsp3) is 0.385. The highest BCUT2D eigenvalue weighted by atomic mass is 19.4. The molecule has 5 rings (SSSR count). The Labute approximate surface area is 205 Å². The molecular formula is C26H27F4N5O. The Kier molecular flexibility index (Phi) is 6.81. The number of aromatic amines is 1. The zero-order chi connectivity index (χ0) is 25.3. The van der Waals surface area contributed by atoms with Crippen LogP contribution in [0.3, 0.4) is 0 Å². The van der Waals surface area contributed by atoms with E-state index < -0.39 is 11.7 Å². The standard InChI is InChI=1S/C26H27F4N5O/c1-36-13-9-22-23(33-25(32-22)18-2-4-19(5-3-18)26(27,28)29)16-34-11-7-17(8-12-34)21-15-35(30)24-6-10-31-14-20(21)24/h2-6,10,14-15,17H,7-9,11-13,16H2,1H3,(H,32,33). The number of pyridine rings is 1. The average Bonchev–Trinajstić information content (AvgIpc) is 3.44. The number of rotatable bonds is 7. The Balaban J connectivity index is 1.30. The van der Waals surface area contributed by atoms with Crippen molar-refractivity contribution in [1.29, 1.82) is 0 Å². The molecule has 0 bridgehead atoms. The lowest BCUT2D eigenvalue weighted by atomic mass is 9.89. The largest absolute Gasteiger partial charge is 0.416 e. The third-order valence-corrected chi connectivity index (χ3v) is 6.89. The van der Waals surface area contributed by atoms with Crippen LogP contribution in [0.15, 0.2) is 48.9 Å². The maximum Gasteiger partial charge on any atom is 0.416 e. The number of ether oxygens (including phenoxy) is 1. The molecule has 0 unspecified atom stereocenters. The Morgan fingerprint density at radius 1 is 1.11 bits per heavy atom. The van der Waals surface area contributed by atoms with E-state index in [0.717, 1.165) is 60.4 Å². The summed E-state index contributed by atoms with van der Waals surface area (Å²) in [6, 6.07) is 6.70. The second kappa shape index (κ2) is 10.0. The Hall–Kier alpha value is -3.24. The maximum absolute atomic E-state index is 14.3. The molecule has 10 heteroatoms. The van der Waals surface area contributed by atoms with Gasteiger partial charge in [-0.05, 0) is 55.6 Å². The van der Waals surface area contributed by atoms with E-state index in [9.17, 15) is 17.7 Å². The fourth-order valence-electron chi connectivity index (χ4n) is 4.94. The molecule has 0 atom stereocenters. The number of imidazole rings is 1. The highest BCUT2D eigenvalue weighted by Gasteiger charge is 2.30. The summed E-state index contributed by atoms with van der Waals surface area (Å²) < 4.78 is 58.3. The van der Waals surface area contributed by atoms with Gasteiger partial charge in [0.2, 0.25) is 0 Å². The van der Waals surface area contributed by atoms with Crippen LogP contribution in [0.2, 0.25) is 0 Å². The zero-order valence-corrected chi connectivity index (χ0v) is 19.9. The van der Waals surface area contributed by atoms with Crippen LogP contribution < -0.4 is 0 Å². The second-order valence-corrected chi connectivity index (χ2v) is 9.17. The van der Waals surface area contributed by atoms with Crippen LogP contribution in [0.5, 0.6) is 0 Å². The molecule has 0 aliphatic carbocycles. The number of H-pyrrole nitrogens is 1. The molecular weight excluding hydrogens is 474 g/mol. The van der Waals surface area contributed by atoms with Gasteiger partial charge in [-0.1, -0.05) is 16.6 Å². The van der Waals surface area contributed by atoms with Crippen LogP contribution in [0, 0.1) is 0 Å². The first-order valence-corrected chi connectivity index (χ1v) is 11.9. The van der Waals surface area contributed by atoms with Crippen molar-refractivity contribution < 1.29 is 22.4 Å². The van der Waals surface area contributed by atoms with Gasteiger partial charge in [0.15, 0.2) is 0 Å². The van der Waals surface area contributed by atoms with Crippen LogP contribution in [0.25, 0.3) is 22.3 Å². The average molecular weight is 502 g/mol. The van der Waals surface area contributed by atoms with Gasteiger partial charge in [-0.15, -0.1) is 0 Å². The van der Waals surface area contributed by atoms with Crippen molar-refractivity contribution in [2.45, 2.75) is 37.9 Å². The summed E-state index contributed by atoms with van der Waals surface area (Å²) in [7, 11) is 1.62. The number of likely N-dealkylation sites (tertiary alicyclic amines) is 1. The molecule has 0 saturated carbocycles.